The molecule has 0 bridgehead atoms. The molecule has 0 radical (unpaired) electrons. The van der Waals surface area contributed by atoms with Crippen molar-refractivity contribution in [1.82, 2.24) is 10.2 Å². The van der Waals surface area contributed by atoms with E-state index < -0.39 is 0 Å². The quantitative estimate of drug-likeness (QED) is 0.666. The number of methoxy groups -OCH3 is 1. The first-order valence-electron chi connectivity index (χ1n) is 9.04. The normalized spacial score (nSPS) is 15.8. The van der Waals surface area contributed by atoms with Gasteiger partial charge in [-0.05, 0) is 77.4 Å². The molecule has 1 aliphatic rings. The van der Waals surface area contributed by atoms with E-state index in [1.807, 2.05) is 18.2 Å². The van der Waals surface area contributed by atoms with Crippen molar-refractivity contribution in [3.05, 3.63) is 50.6 Å². The Bertz CT molecular complexity index is 715. The Morgan fingerprint density at radius 1 is 1.35 bits per heavy atom. The van der Waals surface area contributed by atoms with Gasteiger partial charge < -0.3 is 10.1 Å². The number of aryl methyl sites for hydroxylation is 1. The molecule has 1 fully saturated rings. The molecule has 3 rings (SSSR count). The van der Waals surface area contributed by atoms with Crippen molar-refractivity contribution in [3.8, 4) is 5.75 Å². The van der Waals surface area contributed by atoms with E-state index in [2.05, 4.69) is 43.7 Å². The van der Waals surface area contributed by atoms with Gasteiger partial charge in [0, 0.05) is 17.8 Å². The first-order valence-corrected chi connectivity index (χ1v) is 10.7. The standard InChI is InChI=1S/C20H25BrN2O2S/c1-25-18-8-6-15(13-16(18)21)7-9-20(24)22-14-17(19-5-4-12-26-19)23-10-2-3-11-23/h4-6,8,12-13,17H,2-3,7,9-11,14H2,1H3,(H,22,24)/t17-/m1/s1. The number of carbonyl (C=O) groups is 1. The van der Waals surface area contributed by atoms with Gasteiger partial charge >= 0.3 is 0 Å². The van der Waals surface area contributed by atoms with Crippen LogP contribution in [0.4, 0.5) is 0 Å². The van der Waals surface area contributed by atoms with Gasteiger partial charge in [0.15, 0.2) is 0 Å². The zero-order valence-electron chi connectivity index (χ0n) is 15.0. The number of amides is 1. The Morgan fingerprint density at radius 2 is 2.15 bits per heavy atom. The Labute approximate surface area is 167 Å². The Kier molecular flexibility index (Phi) is 7.11. The smallest absolute Gasteiger partial charge is 0.220 e. The number of thiophene rings is 1. The largest absolute Gasteiger partial charge is 0.496 e. The minimum atomic E-state index is 0.109. The van der Waals surface area contributed by atoms with Crippen LogP contribution in [0.25, 0.3) is 0 Å². The first kappa shape index (κ1) is 19.4. The maximum atomic E-state index is 12.4. The summed E-state index contributed by atoms with van der Waals surface area (Å²) in [5.74, 6) is 0.917. The second-order valence-corrected chi connectivity index (χ2v) is 8.38. The van der Waals surface area contributed by atoms with Crippen molar-refractivity contribution in [1.29, 1.82) is 0 Å². The maximum Gasteiger partial charge on any atom is 0.220 e. The molecule has 1 saturated heterocycles. The second kappa shape index (κ2) is 9.53. The molecule has 0 spiro atoms. The van der Waals surface area contributed by atoms with Gasteiger partial charge in [-0.25, -0.2) is 0 Å². The molecule has 1 aromatic carbocycles. The second-order valence-electron chi connectivity index (χ2n) is 6.55. The van der Waals surface area contributed by atoms with Gasteiger partial charge in [-0.15, -0.1) is 11.3 Å². The lowest BCUT2D eigenvalue weighted by Gasteiger charge is -2.27. The summed E-state index contributed by atoms with van der Waals surface area (Å²) in [6.07, 6.45) is 3.72. The highest BCUT2D eigenvalue weighted by Crippen LogP contribution is 2.28. The molecule has 2 heterocycles. The molecule has 1 amide bonds. The van der Waals surface area contributed by atoms with Crippen molar-refractivity contribution in [3.63, 3.8) is 0 Å². The Morgan fingerprint density at radius 3 is 2.81 bits per heavy atom. The molecule has 1 aromatic heterocycles. The van der Waals surface area contributed by atoms with Crippen LogP contribution in [-0.2, 0) is 11.2 Å². The number of likely N-dealkylation sites (tertiary alicyclic amines) is 1. The fraction of sp³-hybridized carbons (Fsp3) is 0.450. The van der Waals surface area contributed by atoms with Crippen LogP contribution < -0.4 is 10.1 Å². The average molecular weight is 437 g/mol. The zero-order valence-corrected chi connectivity index (χ0v) is 17.4. The number of rotatable bonds is 8. The summed E-state index contributed by atoms with van der Waals surface area (Å²) < 4.78 is 6.17. The van der Waals surface area contributed by atoms with Crippen LogP contribution in [0.2, 0.25) is 0 Å². The predicted molar refractivity (Wildman–Crippen MR) is 110 cm³/mol. The van der Waals surface area contributed by atoms with Gasteiger partial charge in [0.25, 0.3) is 0 Å². The average Bonchev–Trinajstić information content (AvgIpc) is 3.35. The molecule has 1 N–H and O–H groups in total. The van der Waals surface area contributed by atoms with Crippen LogP contribution in [-0.4, -0.2) is 37.6 Å². The van der Waals surface area contributed by atoms with E-state index in [0.717, 1.165) is 35.3 Å². The minimum Gasteiger partial charge on any atom is -0.496 e. The number of halogens is 1. The molecule has 4 nitrogen and oxygen atoms in total. The highest BCUT2D eigenvalue weighted by Gasteiger charge is 2.24. The van der Waals surface area contributed by atoms with Crippen LogP contribution in [0, 0.1) is 0 Å². The minimum absolute atomic E-state index is 0.109. The first-order chi connectivity index (χ1) is 12.7. The molecule has 2 aromatic rings. The SMILES string of the molecule is COc1ccc(CCC(=O)NC[C@H](c2cccs2)N2CCCC2)cc1Br. The highest BCUT2D eigenvalue weighted by molar-refractivity contribution is 9.10. The Hall–Kier alpha value is -1.37. The number of benzene rings is 1. The third-order valence-corrected chi connectivity index (χ3v) is 6.40. The number of carbonyl (C=O) groups excluding carboxylic acids is 1. The van der Waals surface area contributed by atoms with Crippen molar-refractivity contribution < 1.29 is 9.53 Å². The van der Waals surface area contributed by atoms with E-state index in [-0.39, 0.29) is 5.91 Å². The lowest BCUT2D eigenvalue weighted by molar-refractivity contribution is -0.121. The summed E-state index contributed by atoms with van der Waals surface area (Å²) >= 11 is 5.27. The van der Waals surface area contributed by atoms with Gasteiger partial charge in [0.1, 0.15) is 5.75 Å². The number of nitrogens with zero attached hydrogens (tertiary/aromatic N) is 1. The molecular weight excluding hydrogens is 412 g/mol. The molecule has 140 valence electrons. The van der Waals surface area contributed by atoms with Gasteiger partial charge in [-0.2, -0.15) is 0 Å². The van der Waals surface area contributed by atoms with E-state index >= 15 is 0 Å². The van der Waals surface area contributed by atoms with E-state index in [0.29, 0.717) is 19.0 Å². The number of ether oxygens (including phenoxy) is 1. The lowest BCUT2D eigenvalue weighted by atomic mass is 10.1. The van der Waals surface area contributed by atoms with Crippen LogP contribution >= 0.6 is 27.3 Å². The van der Waals surface area contributed by atoms with Crippen molar-refractivity contribution in [2.24, 2.45) is 0 Å². The third-order valence-electron chi connectivity index (χ3n) is 4.80. The van der Waals surface area contributed by atoms with Crippen LogP contribution in [0.1, 0.15) is 35.7 Å². The molecular formula is C20H25BrN2O2S. The summed E-state index contributed by atoms with van der Waals surface area (Å²) in [4.78, 5) is 16.2. The fourth-order valence-corrected chi connectivity index (χ4v) is 4.81. The number of hydrogen-bond donors (Lipinski definition) is 1. The van der Waals surface area contributed by atoms with Gasteiger partial charge in [-0.3, -0.25) is 9.69 Å². The molecule has 26 heavy (non-hydrogen) atoms. The molecule has 1 aliphatic heterocycles. The van der Waals surface area contributed by atoms with Gasteiger partial charge in [0.05, 0.1) is 17.6 Å². The van der Waals surface area contributed by atoms with Gasteiger partial charge in [-0.1, -0.05) is 12.1 Å². The third kappa shape index (κ3) is 5.09. The van der Waals surface area contributed by atoms with Gasteiger partial charge in [0.2, 0.25) is 5.91 Å². The molecule has 0 saturated carbocycles. The lowest BCUT2D eigenvalue weighted by Crippen LogP contribution is -2.36. The van der Waals surface area contributed by atoms with Crippen molar-refractivity contribution in [2.75, 3.05) is 26.7 Å². The Balaban J connectivity index is 1.51. The summed E-state index contributed by atoms with van der Waals surface area (Å²) in [5.41, 5.74) is 1.13. The summed E-state index contributed by atoms with van der Waals surface area (Å²) in [6, 6.07) is 10.5. The molecule has 0 unspecified atom stereocenters. The van der Waals surface area contributed by atoms with E-state index in [9.17, 15) is 4.79 Å². The number of hydrogen-bond acceptors (Lipinski definition) is 4. The summed E-state index contributed by atoms with van der Waals surface area (Å²) in [5, 5.41) is 5.26. The van der Waals surface area contributed by atoms with Crippen LogP contribution in [0.3, 0.4) is 0 Å². The highest BCUT2D eigenvalue weighted by atomic mass is 79.9. The monoisotopic (exact) mass is 436 g/mol. The van der Waals surface area contributed by atoms with Crippen LogP contribution in [0.5, 0.6) is 5.75 Å². The van der Waals surface area contributed by atoms with Crippen molar-refractivity contribution >= 4 is 33.2 Å². The van der Waals surface area contributed by atoms with Crippen molar-refractivity contribution in [2.45, 2.75) is 31.7 Å². The zero-order chi connectivity index (χ0) is 18.4. The summed E-state index contributed by atoms with van der Waals surface area (Å²) in [6.45, 7) is 2.93. The molecule has 1 atom stereocenters. The van der Waals surface area contributed by atoms with E-state index in [1.54, 1.807) is 18.4 Å². The maximum absolute atomic E-state index is 12.4. The van der Waals surface area contributed by atoms with E-state index in [1.165, 1.54) is 17.7 Å². The molecule has 6 heteroatoms. The molecule has 0 aliphatic carbocycles. The topological polar surface area (TPSA) is 41.6 Å². The fourth-order valence-electron chi connectivity index (χ4n) is 3.37. The summed E-state index contributed by atoms with van der Waals surface area (Å²) in [7, 11) is 1.65. The van der Waals surface area contributed by atoms with E-state index in [4.69, 9.17) is 4.74 Å². The number of nitrogens with one attached hydrogen (secondary N) is 1. The van der Waals surface area contributed by atoms with Crippen LogP contribution in [0.15, 0.2) is 40.2 Å². The predicted octanol–water partition coefficient (Wildman–Crippen LogP) is 4.41.